The van der Waals surface area contributed by atoms with Crippen molar-refractivity contribution in [2.75, 3.05) is 6.61 Å². The van der Waals surface area contributed by atoms with Gasteiger partial charge in [0, 0.05) is 11.8 Å². The van der Waals surface area contributed by atoms with Crippen LogP contribution in [0.1, 0.15) is 27.6 Å². The van der Waals surface area contributed by atoms with Gasteiger partial charge >= 0.3 is 5.69 Å². The molecule has 7 nitrogen and oxygen atoms in total. The van der Waals surface area contributed by atoms with E-state index < -0.39 is 17.2 Å². The van der Waals surface area contributed by atoms with Crippen molar-refractivity contribution in [2.24, 2.45) is 0 Å². The summed E-state index contributed by atoms with van der Waals surface area (Å²) in [5.41, 5.74) is 2.76. The predicted octanol–water partition coefficient (Wildman–Crippen LogP) is 4.85. The average molecular weight is 545 g/mol. The maximum absolute atomic E-state index is 13.0. The summed E-state index contributed by atoms with van der Waals surface area (Å²) in [5.74, 6) is 0. The highest BCUT2D eigenvalue weighted by Crippen LogP contribution is 2.45. The number of rotatable bonds is 11. The van der Waals surface area contributed by atoms with Gasteiger partial charge in [0.05, 0.1) is 31.7 Å². The molecule has 202 valence electrons. The van der Waals surface area contributed by atoms with Gasteiger partial charge in [-0.2, -0.15) is 0 Å². The van der Waals surface area contributed by atoms with Crippen LogP contribution >= 0.6 is 11.8 Å². The Kier molecular flexibility index (Phi) is 9.11. The Bertz CT molecular complexity index is 1440. The van der Waals surface area contributed by atoms with Crippen molar-refractivity contribution >= 4 is 11.8 Å². The molecule has 0 bridgehead atoms. The number of aryl methyl sites for hydroxylation is 1. The first kappa shape index (κ1) is 27.1. The molecule has 39 heavy (non-hydrogen) atoms. The summed E-state index contributed by atoms with van der Waals surface area (Å²) in [7, 11) is 0. The first-order valence-corrected chi connectivity index (χ1v) is 13.9. The fourth-order valence-electron chi connectivity index (χ4n) is 4.62. The second kappa shape index (κ2) is 13.1. The Labute approximate surface area is 231 Å². The van der Waals surface area contributed by atoms with E-state index in [9.17, 15) is 9.59 Å². The Morgan fingerprint density at radius 1 is 0.744 bits per heavy atom. The quantitative estimate of drug-likeness (QED) is 0.291. The lowest BCUT2D eigenvalue weighted by Crippen LogP contribution is -2.41. The number of nitrogens with zero attached hydrogens (tertiary/aromatic N) is 1. The maximum atomic E-state index is 13.0. The van der Waals surface area contributed by atoms with Gasteiger partial charge in [0.25, 0.3) is 5.56 Å². The third-order valence-electron chi connectivity index (χ3n) is 6.67. The highest BCUT2D eigenvalue weighted by molar-refractivity contribution is 8.00. The van der Waals surface area contributed by atoms with E-state index in [0.717, 1.165) is 16.7 Å². The number of benzene rings is 3. The molecule has 0 radical (unpaired) electrons. The maximum Gasteiger partial charge on any atom is 0.329 e. The summed E-state index contributed by atoms with van der Waals surface area (Å²) in [6, 6.07) is 29.9. The highest BCUT2D eigenvalue weighted by Gasteiger charge is 2.47. The van der Waals surface area contributed by atoms with Crippen LogP contribution in [0.15, 0.2) is 107 Å². The smallest absolute Gasteiger partial charge is 0.329 e. The fraction of sp³-hybridized carbons (Fsp3) is 0.290. The molecule has 1 aliphatic rings. The number of aromatic amines is 1. The summed E-state index contributed by atoms with van der Waals surface area (Å²) in [6.07, 6.45) is 0.783. The molecule has 1 saturated heterocycles. The minimum atomic E-state index is -0.468. The van der Waals surface area contributed by atoms with Crippen LogP contribution in [0.2, 0.25) is 0 Å². The predicted molar refractivity (Wildman–Crippen MR) is 153 cm³/mol. The molecule has 1 N–H and O–H groups in total. The molecular weight excluding hydrogens is 512 g/mol. The Balaban J connectivity index is 1.43. The van der Waals surface area contributed by atoms with E-state index in [1.165, 1.54) is 0 Å². The van der Waals surface area contributed by atoms with Gasteiger partial charge in [-0.15, -0.1) is 11.8 Å². The van der Waals surface area contributed by atoms with Crippen LogP contribution in [0.5, 0.6) is 0 Å². The SMILES string of the molecule is Cc1cn([C@@H]2S[C@@H](COCc3ccccc3)[C@H](OCc3ccccc3)[C@H]2OCc2ccccc2)c(=O)[nH]c1=O. The van der Waals surface area contributed by atoms with Gasteiger partial charge < -0.3 is 14.2 Å². The van der Waals surface area contributed by atoms with Crippen LogP contribution < -0.4 is 11.2 Å². The lowest BCUT2D eigenvalue weighted by atomic mass is 10.1. The Morgan fingerprint density at radius 3 is 1.82 bits per heavy atom. The topological polar surface area (TPSA) is 82.6 Å². The highest BCUT2D eigenvalue weighted by atomic mass is 32.2. The Hall–Kier alpha value is -3.43. The van der Waals surface area contributed by atoms with Gasteiger partial charge in [-0.25, -0.2) is 4.79 Å². The molecule has 2 heterocycles. The number of H-pyrrole nitrogens is 1. The van der Waals surface area contributed by atoms with Gasteiger partial charge in [-0.3, -0.25) is 14.3 Å². The number of hydrogen-bond donors (Lipinski definition) is 1. The van der Waals surface area contributed by atoms with Crippen molar-refractivity contribution in [1.82, 2.24) is 9.55 Å². The molecule has 0 unspecified atom stereocenters. The third kappa shape index (κ3) is 6.96. The van der Waals surface area contributed by atoms with E-state index >= 15 is 0 Å². The first-order chi connectivity index (χ1) is 19.1. The van der Waals surface area contributed by atoms with Crippen molar-refractivity contribution in [1.29, 1.82) is 0 Å². The molecule has 4 aromatic rings. The standard InChI is InChI=1S/C31H32N2O5S/c1-22-17-33(31(35)32-29(22)34)30-28(38-20-25-15-9-4-10-16-25)27(37-19-24-13-7-3-8-14-24)26(39-30)21-36-18-23-11-5-2-6-12-23/h2-17,26-28,30H,18-21H2,1H3,(H,32,34,35)/t26-,27-,28+,30+/m0/s1. The number of aromatic nitrogens is 2. The molecule has 0 spiro atoms. The van der Waals surface area contributed by atoms with E-state index in [0.29, 0.717) is 32.0 Å². The van der Waals surface area contributed by atoms with E-state index in [1.54, 1.807) is 29.4 Å². The second-order valence-corrected chi connectivity index (χ2v) is 10.9. The van der Waals surface area contributed by atoms with E-state index in [-0.39, 0.29) is 16.9 Å². The molecule has 1 fully saturated rings. The van der Waals surface area contributed by atoms with Crippen LogP contribution in [0.4, 0.5) is 0 Å². The van der Waals surface area contributed by atoms with E-state index in [4.69, 9.17) is 14.2 Å². The van der Waals surface area contributed by atoms with Crippen LogP contribution in [0.25, 0.3) is 0 Å². The summed E-state index contributed by atoms with van der Waals surface area (Å²) < 4.78 is 20.8. The number of nitrogens with one attached hydrogen (secondary N) is 1. The minimum Gasteiger partial charge on any atom is -0.376 e. The summed E-state index contributed by atoms with van der Waals surface area (Å²) >= 11 is 1.58. The lowest BCUT2D eigenvalue weighted by molar-refractivity contribution is -0.0920. The summed E-state index contributed by atoms with van der Waals surface area (Å²) in [6.45, 7) is 3.35. The zero-order valence-electron chi connectivity index (χ0n) is 21.8. The molecule has 3 aromatic carbocycles. The monoisotopic (exact) mass is 544 g/mol. The van der Waals surface area contributed by atoms with Gasteiger partial charge in [0.15, 0.2) is 0 Å². The van der Waals surface area contributed by atoms with Gasteiger partial charge in [-0.05, 0) is 23.6 Å². The molecular formula is C31H32N2O5S. The summed E-state index contributed by atoms with van der Waals surface area (Å²) in [4.78, 5) is 27.5. The summed E-state index contributed by atoms with van der Waals surface area (Å²) in [5, 5.41) is -0.523. The normalized spacial score (nSPS) is 20.7. The van der Waals surface area contributed by atoms with Crippen molar-refractivity contribution < 1.29 is 14.2 Å². The Morgan fingerprint density at radius 2 is 1.26 bits per heavy atom. The fourth-order valence-corrected chi connectivity index (χ4v) is 6.22. The van der Waals surface area contributed by atoms with Crippen LogP contribution in [-0.4, -0.2) is 33.6 Å². The zero-order valence-corrected chi connectivity index (χ0v) is 22.6. The average Bonchev–Trinajstić information content (AvgIpc) is 3.31. The third-order valence-corrected chi connectivity index (χ3v) is 8.20. The molecule has 1 aliphatic heterocycles. The van der Waals surface area contributed by atoms with Crippen LogP contribution in [-0.2, 0) is 34.0 Å². The van der Waals surface area contributed by atoms with Crippen molar-refractivity contribution in [3.63, 3.8) is 0 Å². The molecule has 0 saturated carbocycles. The minimum absolute atomic E-state index is 0.109. The van der Waals surface area contributed by atoms with Crippen LogP contribution in [0.3, 0.4) is 0 Å². The van der Waals surface area contributed by atoms with E-state index in [2.05, 4.69) is 4.98 Å². The molecule has 8 heteroatoms. The first-order valence-electron chi connectivity index (χ1n) is 13.0. The lowest BCUT2D eigenvalue weighted by Gasteiger charge is -2.27. The largest absolute Gasteiger partial charge is 0.376 e. The molecule has 1 aromatic heterocycles. The van der Waals surface area contributed by atoms with E-state index in [1.807, 2.05) is 91.0 Å². The number of ether oxygens (including phenoxy) is 3. The van der Waals surface area contributed by atoms with Gasteiger partial charge in [-0.1, -0.05) is 91.0 Å². The molecule has 5 rings (SSSR count). The van der Waals surface area contributed by atoms with Crippen molar-refractivity contribution in [2.45, 2.75) is 49.6 Å². The van der Waals surface area contributed by atoms with Crippen molar-refractivity contribution in [3.05, 3.63) is 140 Å². The zero-order chi connectivity index (χ0) is 27.0. The number of hydrogen-bond acceptors (Lipinski definition) is 6. The molecule has 0 amide bonds. The van der Waals surface area contributed by atoms with Gasteiger partial charge in [0.2, 0.25) is 0 Å². The van der Waals surface area contributed by atoms with Crippen molar-refractivity contribution in [3.8, 4) is 0 Å². The molecule has 4 atom stereocenters. The van der Waals surface area contributed by atoms with Gasteiger partial charge in [0.1, 0.15) is 17.6 Å². The second-order valence-electron chi connectivity index (χ2n) is 9.57. The van der Waals surface area contributed by atoms with Crippen LogP contribution in [0, 0.1) is 6.92 Å². The molecule has 0 aliphatic carbocycles. The number of thioether (sulfide) groups is 1.